The summed E-state index contributed by atoms with van der Waals surface area (Å²) in [6, 6.07) is -0.911. The molecule has 8 nitrogen and oxygen atoms in total. The highest BCUT2D eigenvalue weighted by Crippen LogP contribution is 2.11. The smallest absolute Gasteiger partial charge is 0.320 e. The predicted octanol–water partition coefficient (Wildman–Crippen LogP) is -1.30. The van der Waals surface area contributed by atoms with E-state index in [-0.39, 0.29) is 6.42 Å². The number of H-pyrrole nitrogens is 2. The molecule has 0 aliphatic carbocycles. The first kappa shape index (κ1) is 11.3. The number of hydrogen-bond acceptors (Lipinski definition) is 5. The molecule has 0 amide bonds. The molecule has 0 bridgehead atoms. The van der Waals surface area contributed by atoms with E-state index in [1.165, 1.54) is 0 Å². The highest BCUT2D eigenvalue weighted by molar-refractivity contribution is 5.78. The minimum atomic E-state index is -1.03. The molecular formula is C9H13N6O2+. The van der Waals surface area contributed by atoms with Gasteiger partial charge in [-0.3, -0.25) is 9.78 Å². The van der Waals surface area contributed by atoms with Gasteiger partial charge in [0.05, 0.1) is 0 Å². The average molecular weight is 237 g/mol. The van der Waals surface area contributed by atoms with E-state index in [2.05, 4.69) is 19.9 Å². The van der Waals surface area contributed by atoms with Gasteiger partial charge in [-0.2, -0.15) is 4.98 Å². The number of imidazole rings is 1. The Balaban J connectivity index is 2.16. The Hall–Kier alpha value is -2.22. The molecule has 2 rings (SSSR count). The second-order valence-electron chi connectivity index (χ2n) is 3.67. The maximum atomic E-state index is 10.6. The van der Waals surface area contributed by atoms with Gasteiger partial charge in [0.15, 0.2) is 12.1 Å². The van der Waals surface area contributed by atoms with Crippen LogP contribution in [-0.2, 0) is 11.2 Å². The third-order valence-corrected chi connectivity index (χ3v) is 2.40. The van der Waals surface area contributed by atoms with Crippen molar-refractivity contribution < 1.29 is 14.9 Å². The van der Waals surface area contributed by atoms with Crippen molar-refractivity contribution >= 4 is 23.0 Å². The SMILES string of the molecule is Nc1nc(CCC(N)C(=O)O)nc2[nH+]c[nH]c12. The van der Waals surface area contributed by atoms with Crippen LogP contribution in [0.1, 0.15) is 12.2 Å². The maximum absolute atomic E-state index is 10.6. The quantitative estimate of drug-likeness (QED) is 0.520. The topological polar surface area (TPSA) is 145 Å². The van der Waals surface area contributed by atoms with Crippen molar-refractivity contribution in [2.45, 2.75) is 18.9 Å². The highest BCUT2D eigenvalue weighted by Gasteiger charge is 2.16. The molecule has 90 valence electrons. The minimum absolute atomic E-state index is 0.269. The number of nitrogens with zero attached hydrogens (tertiary/aromatic N) is 2. The first-order valence-corrected chi connectivity index (χ1v) is 5.07. The van der Waals surface area contributed by atoms with Gasteiger partial charge in [-0.1, -0.05) is 4.98 Å². The molecule has 0 spiro atoms. The summed E-state index contributed by atoms with van der Waals surface area (Å²) < 4.78 is 0. The fourth-order valence-corrected chi connectivity index (χ4v) is 1.47. The van der Waals surface area contributed by atoms with Crippen LogP contribution in [0, 0.1) is 0 Å². The summed E-state index contributed by atoms with van der Waals surface area (Å²) in [7, 11) is 0. The second kappa shape index (κ2) is 4.34. The summed E-state index contributed by atoms with van der Waals surface area (Å²) in [6.45, 7) is 0. The average Bonchev–Trinajstić information content (AvgIpc) is 2.74. The van der Waals surface area contributed by atoms with Crippen LogP contribution >= 0.6 is 0 Å². The summed E-state index contributed by atoms with van der Waals surface area (Å²) >= 11 is 0. The van der Waals surface area contributed by atoms with Gasteiger partial charge in [0.2, 0.25) is 11.3 Å². The van der Waals surface area contributed by atoms with E-state index < -0.39 is 12.0 Å². The zero-order valence-corrected chi connectivity index (χ0v) is 8.97. The van der Waals surface area contributed by atoms with Gasteiger partial charge in [0, 0.05) is 6.42 Å². The van der Waals surface area contributed by atoms with E-state index >= 15 is 0 Å². The number of nitrogens with two attached hydrogens (primary N) is 2. The Bertz CT molecular complexity index is 551. The Morgan fingerprint density at radius 2 is 2.35 bits per heavy atom. The van der Waals surface area contributed by atoms with Gasteiger partial charge in [-0.25, -0.2) is 4.98 Å². The zero-order valence-electron chi connectivity index (χ0n) is 8.97. The van der Waals surface area contributed by atoms with Crippen LogP contribution in [0.5, 0.6) is 0 Å². The van der Waals surface area contributed by atoms with Crippen LogP contribution in [0.25, 0.3) is 11.2 Å². The number of rotatable bonds is 4. The number of carboxylic acid groups (broad SMARTS) is 1. The zero-order chi connectivity index (χ0) is 12.4. The highest BCUT2D eigenvalue weighted by atomic mass is 16.4. The summed E-state index contributed by atoms with van der Waals surface area (Å²) in [5.41, 5.74) is 12.3. The van der Waals surface area contributed by atoms with E-state index in [4.69, 9.17) is 16.6 Å². The second-order valence-corrected chi connectivity index (χ2v) is 3.67. The first-order valence-electron chi connectivity index (χ1n) is 5.07. The van der Waals surface area contributed by atoms with Crippen LogP contribution in [0.4, 0.5) is 5.82 Å². The Morgan fingerprint density at radius 1 is 1.59 bits per heavy atom. The van der Waals surface area contributed by atoms with Gasteiger partial charge < -0.3 is 16.6 Å². The number of carboxylic acids is 1. The number of aliphatic carboxylic acids is 1. The van der Waals surface area contributed by atoms with Crippen molar-refractivity contribution in [2.24, 2.45) is 5.73 Å². The van der Waals surface area contributed by atoms with Gasteiger partial charge in [-0.05, 0) is 6.42 Å². The van der Waals surface area contributed by atoms with Crippen LogP contribution in [-0.4, -0.2) is 32.1 Å². The lowest BCUT2D eigenvalue weighted by atomic mass is 10.1. The lowest BCUT2D eigenvalue weighted by molar-refractivity contribution is -0.347. The first-order chi connectivity index (χ1) is 8.08. The molecule has 0 fully saturated rings. The van der Waals surface area contributed by atoms with Crippen molar-refractivity contribution in [1.29, 1.82) is 0 Å². The molecule has 2 aromatic rings. The third-order valence-electron chi connectivity index (χ3n) is 2.40. The molecular weight excluding hydrogens is 224 g/mol. The third kappa shape index (κ3) is 2.31. The summed E-state index contributed by atoms with van der Waals surface area (Å²) in [5.74, 6) is -0.232. The summed E-state index contributed by atoms with van der Waals surface area (Å²) in [5, 5.41) is 8.65. The minimum Gasteiger partial charge on any atom is -0.480 e. The van der Waals surface area contributed by atoms with Crippen molar-refractivity contribution in [3.05, 3.63) is 12.2 Å². The number of aromatic amines is 2. The fraction of sp³-hybridized carbons (Fsp3) is 0.333. The van der Waals surface area contributed by atoms with E-state index in [1.54, 1.807) is 6.33 Å². The van der Waals surface area contributed by atoms with E-state index in [0.29, 0.717) is 29.2 Å². The molecule has 7 N–H and O–H groups in total. The van der Waals surface area contributed by atoms with E-state index in [1.807, 2.05) is 0 Å². The number of nitrogens with one attached hydrogen (secondary N) is 2. The molecule has 0 aliphatic heterocycles. The fourth-order valence-electron chi connectivity index (χ4n) is 1.47. The molecule has 0 saturated heterocycles. The number of hydrogen-bond donors (Lipinski definition) is 4. The normalized spacial score (nSPS) is 12.8. The van der Waals surface area contributed by atoms with Gasteiger partial charge >= 0.3 is 11.6 Å². The van der Waals surface area contributed by atoms with E-state index in [9.17, 15) is 4.79 Å². The molecule has 1 unspecified atom stereocenters. The number of carbonyl (C=O) groups is 1. The molecule has 2 aromatic heterocycles. The standard InChI is InChI=1S/C9H12N6O2/c10-4(9(16)17)1-2-5-14-7(11)6-8(15-5)13-3-12-6/h3-4H,1-2,10H2,(H,16,17)(H3,11,12,13,14,15)/p+1. The molecule has 1 atom stereocenters. The van der Waals surface area contributed by atoms with Crippen molar-refractivity contribution in [3.63, 3.8) is 0 Å². The van der Waals surface area contributed by atoms with Crippen molar-refractivity contribution in [2.75, 3.05) is 5.73 Å². The Morgan fingerprint density at radius 3 is 3.06 bits per heavy atom. The molecule has 0 aliphatic rings. The summed E-state index contributed by atoms with van der Waals surface area (Å²) in [6.07, 6.45) is 2.24. The number of aryl methyl sites for hydroxylation is 1. The number of anilines is 1. The Kier molecular flexibility index (Phi) is 2.88. The van der Waals surface area contributed by atoms with Gasteiger partial charge in [0.25, 0.3) is 0 Å². The monoisotopic (exact) mass is 237 g/mol. The molecule has 0 saturated carbocycles. The number of nitrogen functional groups attached to an aromatic ring is 1. The van der Waals surface area contributed by atoms with Crippen LogP contribution in [0.3, 0.4) is 0 Å². The van der Waals surface area contributed by atoms with Gasteiger partial charge in [-0.15, -0.1) is 0 Å². The molecule has 8 heteroatoms. The van der Waals surface area contributed by atoms with Crippen LogP contribution in [0.15, 0.2) is 6.33 Å². The molecule has 17 heavy (non-hydrogen) atoms. The molecule has 0 aromatic carbocycles. The van der Waals surface area contributed by atoms with Crippen LogP contribution < -0.4 is 16.5 Å². The molecule has 0 radical (unpaired) electrons. The predicted molar refractivity (Wildman–Crippen MR) is 58.8 cm³/mol. The molecule has 2 heterocycles. The Labute approximate surface area is 96.1 Å². The summed E-state index contributed by atoms with van der Waals surface area (Å²) in [4.78, 5) is 24.6. The maximum Gasteiger partial charge on any atom is 0.320 e. The van der Waals surface area contributed by atoms with Gasteiger partial charge in [0.1, 0.15) is 6.04 Å². The van der Waals surface area contributed by atoms with Crippen molar-refractivity contribution in [1.82, 2.24) is 15.0 Å². The van der Waals surface area contributed by atoms with E-state index in [0.717, 1.165) is 0 Å². The number of fused-ring (bicyclic) bond motifs is 1. The van der Waals surface area contributed by atoms with Crippen LogP contribution in [0.2, 0.25) is 0 Å². The lowest BCUT2D eigenvalue weighted by Gasteiger charge is -2.03. The lowest BCUT2D eigenvalue weighted by Crippen LogP contribution is -2.30. The largest absolute Gasteiger partial charge is 0.480 e. The number of aromatic nitrogens is 4. The van der Waals surface area contributed by atoms with Crippen molar-refractivity contribution in [3.8, 4) is 0 Å².